The highest BCUT2D eigenvalue weighted by molar-refractivity contribution is 5.91. The average Bonchev–Trinajstić information content (AvgIpc) is 3.37. The number of pyridine rings is 2. The first-order valence-corrected chi connectivity index (χ1v) is 12.1. The molecule has 196 valence electrons. The lowest BCUT2D eigenvalue weighted by atomic mass is 10.1. The number of carbonyl (C=O) groups is 1. The zero-order valence-electron chi connectivity index (χ0n) is 20.4. The number of nitriles is 1. The highest BCUT2D eigenvalue weighted by Gasteiger charge is 2.25. The van der Waals surface area contributed by atoms with Crippen LogP contribution in [0.5, 0.6) is 0 Å². The summed E-state index contributed by atoms with van der Waals surface area (Å²) in [5.74, 6) is 0.0107. The molecule has 0 aromatic carbocycles. The van der Waals surface area contributed by atoms with Crippen LogP contribution >= 0.6 is 0 Å². The van der Waals surface area contributed by atoms with Gasteiger partial charge in [-0.3, -0.25) is 9.69 Å². The number of nitrogens with one attached hydrogen (secondary N) is 2. The lowest BCUT2D eigenvalue weighted by Crippen LogP contribution is -2.41. The number of carbonyl (C=O) groups excluding carboxylic acids is 1. The van der Waals surface area contributed by atoms with Crippen LogP contribution in [0.15, 0.2) is 36.8 Å². The van der Waals surface area contributed by atoms with Gasteiger partial charge in [0, 0.05) is 31.4 Å². The third kappa shape index (κ3) is 5.99. The summed E-state index contributed by atoms with van der Waals surface area (Å²) in [7, 11) is 0. The van der Waals surface area contributed by atoms with Gasteiger partial charge in [0.15, 0.2) is 5.82 Å². The largest absolute Gasteiger partial charge is 0.379 e. The number of hydrogen-bond donors (Lipinski definition) is 2. The van der Waals surface area contributed by atoms with Crippen molar-refractivity contribution in [1.29, 1.82) is 5.26 Å². The summed E-state index contributed by atoms with van der Waals surface area (Å²) in [5, 5.41) is 15.3. The maximum absolute atomic E-state index is 14.6. The number of ether oxygens (including phenoxy) is 1. The Kier molecular flexibility index (Phi) is 7.62. The molecule has 1 atom stereocenters. The third-order valence-electron chi connectivity index (χ3n) is 6.19. The van der Waals surface area contributed by atoms with Crippen LogP contribution in [0.3, 0.4) is 0 Å². The quantitative estimate of drug-likeness (QED) is 0.478. The molecule has 5 heterocycles. The van der Waals surface area contributed by atoms with E-state index in [1.54, 1.807) is 17.0 Å². The number of anilines is 4. The first kappa shape index (κ1) is 25.4. The fraction of sp³-hybridized carbons (Fsp3) is 0.360. The van der Waals surface area contributed by atoms with E-state index in [0.717, 1.165) is 6.20 Å². The van der Waals surface area contributed by atoms with E-state index in [2.05, 4.69) is 36.6 Å². The van der Waals surface area contributed by atoms with Gasteiger partial charge in [0.05, 0.1) is 49.9 Å². The molecular formula is C25H25F2N9O2. The van der Waals surface area contributed by atoms with Crippen molar-refractivity contribution in [2.75, 3.05) is 61.5 Å². The molecule has 2 saturated heterocycles. The Morgan fingerprint density at radius 3 is 2.71 bits per heavy atom. The minimum Gasteiger partial charge on any atom is -0.379 e. The van der Waals surface area contributed by atoms with Crippen molar-refractivity contribution in [2.24, 2.45) is 0 Å². The van der Waals surface area contributed by atoms with Gasteiger partial charge in [-0.05, 0) is 24.6 Å². The van der Waals surface area contributed by atoms with Crippen molar-refractivity contribution < 1.29 is 18.3 Å². The van der Waals surface area contributed by atoms with E-state index in [9.17, 15) is 18.8 Å². The summed E-state index contributed by atoms with van der Waals surface area (Å²) < 4.78 is 33.5. The Hall–Kier alpha value is -4.28. The number of amides is 1. The molecule has 2 N–H and O–H groups in total. The predicted molar refractivity (Wildman–Crippen MR) is 135 cm³/mol. The van der Waals surface area contributed by atoms with Crippen molar-refractivity contribution in [3.05, 3.63) is 48.2 Å². The van der Waals surface area contributed by atoms with Gasteiger partial charge in [0.2, 0.25) is 11.9 Å². The third-order valence-corrected chi connectivity index (χ3v) is 6.19. The Morgan fingerprint density at radius 2 is 2.00 bits per heavy atom. The molecule has 0 aliphatic carbocycles. The van der Waals surface area contributed by atoms with Crippen LogP contribution in [0.4, 0.5) is 32.1 Å². The average molecular weight is 522 g/mol. The zero-order chi connectivity index (χ0) is 26.5. The van der Waals surface area contributed by atoms with Gasteiger partial charge in [0.1, 0.15) is 29.6 Å². The molecule has 5 rings (SSSR count). The SMILES string of the molecule is N#Cc1cc(-c2nc(Nc3ccc(NC(=O)CN4CCOCC4)nc3)ncc2F)cnc1N1CCC(F)C1. The smallest absolute Gasteiger partial charge is 0.239 e. The van der Waals surface area contributed by atoms with E-state index < -0.39 is 12.0 Å². The molecule has 0 spiro atoms. The second kappa shape index (κ2) is 11.4. The standard InChI is InChI=1S/C25H25F2N9O2/c26-18-3-4-36(14-18)24-16(10-28)9-17(11-30-24)23-20(27)13-31-25(34-23)32-19-1-2-21(29-12-19)33-22(37)15-35-5-7-38-8-6-35/h1-2,9,11-13,18H,3-8,14-15H2,(H,29,33,37)(H,31,32,34). The van der Waals surface area contributed by atoms with Gasteiger partial charge in [-0.1, -0.05) is 0 Å². The van der Waals surface area contributed by atoms with E-state index >= 15 is 0 Å². The first-order chi connectivity index (χ1) is 18.5. The predicted octanol–water partition coefficient (Wildman–Crippen LogP) is 2.51. The summed E-state index contributed by atoms with van der Waals surface area (Å²) in [6.07, 6.45) is 3.33. The van der Waals surface area contributed by atoms with Crippen LogP contribution in [0, 0.1) is 17.1 Å². The maximum Gasteiger partial charge on any atom is 0.239 e. The summed E-state index contributed by atoms with van der Waals surface area (Å²) >= 11 is 0. The summed E-state index contributed by atoms with van der Waals surface area (Å²) in [5.41, 5.74) is 0.984. The number of nitrogens with zero attached hydrogens (tertiary/aromatic N) is 7. The molecule has 13 heteroatoms. The van der Waals surface area contributed by atoms with Crippen molar-refractivity contribution >= 4 is 29.2 Å². The lowest BCUT2D eigenvalue weighted by molar-refractivity contribution is -0.118. The normalized spacial score (nSPS) is 17.7. The highest BCUT2D eigenvalue weighted by Crippen LogP contribution is 2.28. The number of hydrogen-bond acceptors (Lipinski definition) is 10. The number of rotatable bonds is 7. The number of aromatic nitrogens is 4. The van der Waals surface area contributed by atoms with Crippen molar-refractivity contribution in [3.8, 4) is 17.3 Å². The second-order valence-corrected chi connectivity index (χ2v) is 8.92. The van der Waals surface area contributed by atoms with Gasteiger partial charge in [-0.25, -0.2) is 28.7 Å². The van der Waals surface area contributed by atoms with E-state index in [1.165, 1.54) is 18.5 Å². The highest BCUT2D eigenvalue weighted by atomic mass is 19.1. The molecule has 0 saturated carbocycles. The minimum atomic E-state index is -0.967. The fourth-order valence-electron chi connectivity index (χ4n) is 4.28. The molecule has 11 nitrogen and oxygen atoms in total. The van der Waals surface area contributed by atoms with Crippen LogP contribution < -0.4 is 15.5 Å². The number of halogens is 2. The van der Waals surface area contributed by atoms with Crippen LogP contribution in [0.1, 0.15) is 12.0 Å². The van der Waals surface area contributed by atoms with Crippen LogP contribution in [-0.4, -0.2) is 82.9 Å². The maximum atomic E-state index is 14.6. The van der Waals surface area contributed by atoms with Gasteiger partial charge in [0.25, 0.3) is 0 Å². The van der Waals surface area contributed by atoms with E-state index in [0.29, 0.717) is 62.2 Å². The van der Waals surface area contributed by atoms with E-state index in [1.807, 2.05) is 4.90 Å². The second-order valence-electron chi connectivity index (χ2n) is 8.92. The number of morpholine rings is 1. The fourth-order valence-corrected chi connectivity index (χ4v) is 4.28. The molecule has 1 unspecified atom stereocenters. The lowest BCUT2D eigenvalue weighted by Gasteiger charge is -2.25. The Bertz CT molecular complexity index is 1340. The van der Waals surface area contributed by atoms with Gasteiger partial charge in [-0.15, -0.1) is 0 Å². The molecule has 38 heavy (non-hydrogen) atoms. The molecule has 0 bridgehead atoms. The van der Waals surface area contributed by atoms with E-state index in [4.69, 9.17) is 4.74 Å². The summed E-state index contributed by atoms with van der Waals surface area (Å²) in [4.78, 5) is 32.8. The Morgan fingerprint density at radius 1 is 1.16 bits per heavy atom. The molecule has 1 amide bonds. The molecule has 2 aliphatic heterocycles. The van der Waals surface area contributed by atoms with Crippen molar-refractivity contribution in [3.63, 3.8) is 0 Å². The topological polar surface area (TPSA) is 132 Å². The molecule has 3 aromatic rings. The van der Waals surface area contributed by atoms with Crippen LogP contribution in [0.2, 0.25) is 0 Å². The molecule has 0 radical (unpaired) electrons. The summed E-state index contributed by atoms with van der Waals surface area (Å²) in [6, 6.07) is 6.86. The molecule has 2 aliphatic rings. The van der Waals surface area contributed by atoms with Crippen molar-refractivity contribution in [2.45, 2.75) is 12.6 Å². The Labute approximate surface area is 217 Å². The van der Waals surface area contributed by atoms with Gasteiger partial charge in [-0.2, -0.15) is 5.26 Å². The Balaban J connectivity index is 1.26. The molecule has 2 fully saturated rings. The number of alkyl halides is 1. The zero-order valence-corrected chi connectivity index (χ0v) is 20.4. The molecular weight excluding hydrogens is 496 g/mol. The minimum absolute atomic E-state index is 0.0391. The van der Waals surface area contributed by atoms with E-state index in [-0.39, 0.29) is 36.2 Å². The van der Waals surface area contributed by atoms with Crippen LogP contribution in [-0.2, 0) is 9.53 Å². The van der Waals surface area contributed by atoms with Crippen molar-refractivity contribution in [1.82, 2.24) is 24.8 Å². The monoisotopic (exact) mass is 521 g/mol. The van der Waals surface area contributed by atoms with Gasteiger partial charge >= 0.3 is 0 Å². The van der Waals surface area contributed by atoms with Crippen LogP contribution in [0.25, 0.3) is 11.3 Å². The van der Waals surface area contributed by atoms with Gasteiger partial charge < -0.3 is 20.3 Å². The summed E-state index contributed by atoms with van der Waals surface area (Å²) in [6.45, 7) is 3.53. The first-order valence-electron chi connectivity index (χ1n) is 12.1. The molecule has 3 aromatic heterocycles.